The third-order valence-electron chi connectivity index (χ3n) is 9.25. The zero-order valence-corrected chi connectivity index (χ0v) is 29.1. The number of fused-ring (bicyclic) bond motifs is 5. The molecule has 0 saturated heterocycles. The van der Waals surface area contributed by atoms with E-state index in [1.54, 1.807) is 30.9 Å². The Morgan fingerprint density at radius 2 is 0.782 bits per heavy atom. The van der Waals surface area contributed by atoms with Gasteiger partial charge in [0.05, 0.1) is 11.0 Å². The van der Waals surface area contributed by atoms with Gasteiger partial charge >= 0.3 is 0 Å². The van der Waals surface area contributed by atoms with Crippen LogP contribution in [0, 0.1) is 0 Å². The summed E-state index contributed by atoms with van der Waals surface area (Å²) in [5, 5.41) is 6.00. The van der Waals surface area contributed by atoms with Gasteiger partial charge in [-0.25, -0.2) is 19.9 Å². The molecule has 0 saturated carbocycles. The lowest BCUT2D eigenvalue weighted by atomic mass is 10.1. The molecule has 6 aromatic carbocycles. The first-order valence-electron chi connectivity index (χ1n) is 17.7. The molecule has 0 radical (unpaired) electrons. The van der Waals surface area contributed by atoms with Gasteiger partial charge in [0.1, 0.15) is 34.5 Å². The molecular weight excluding hydrogens is 687 g/mol. The fourth-order valence-corrected chi connectivity index (χ4v) is 6.77. The van der Waals surface area contributed by atoms with Crippen LogP contribution in [0.3, 0.4) is 0 Å². The van der Waals surface area contributed by atoms with Gasteiger partial charge in [-0.05, 0) is 89.6 Å². The summed E-state index contributed by atoms with van der Waals surface area (Å²) in [4.78, 5) is 18.2. The Bertz CT molecular complexity index is 2830. The van der Waals surface area contributed by atoms with E-state index in [4.69, 9.17) is 18.9 Å². The van der Waals surface area contributed by atoms with E-state index in [-0.39, 0.29) is 0 Å². The molecule has 0 fully saturated rings. The molecule has 10 aromatic rings. The molecule has 0 spiro atoms. The number of ether oxygens (including phenoxy) is 4. The van der Waals surface area contributed by atoms with Crippen molar-refractivity contribution in [3.63, 3.8) is 0 Å². The summed E-state index contributed by atoms with van der Waals surface area (Å²) in [5.74, 6) is 5.34. The van der Waals surface area contributed by atoms with Crippen LogP contribution in [0.2, 0.25) is 0 Å². The molecule has 0 unspecified atom stereocenters. The number of aromatic nitrogens is 5. The van der Waals surface area contributed by atoms with Crippen LogP contribution in [-0.2, 0) is 0 Å². The fraction of sp³-hybridized carbons (Fsp3) is 0. The van der Waals surface area contributed by atoms with Crippen molar-refractivity contribution in [3.05, 3.63) is 176 Å². The second kappa shape index (κ2) is 13.6. The zero-order valence-electron chi connectivity index (χ0n) is 29.1. The standard InChI is InChI=1S/C46H29N5O4/c1-3-14-38-30(8-1)20-24-47-44(38)54-34-12-5-10-32(26-34)52-36-16-18-40-41-19-17-37(29-43(41)51(42(40)28-36)46-49-22-7-23-50-46)53-33-11-6-13-35(27-33)55-45-39-15-4-2-9-31(39)21-25-48-45/h1-29H. The van der Waals surface area contributed by atoms with E-state index >= 15 is 0 Å². The van der Waals surface area contributed by atoms with Crippen LogP contribution in [0.4, 0.5) is 0 Å². The van der Waals surface area contributed by atoms with E-state index in [0.29, 0.717) is 52.2 Å². The number of nitrogens with zero attached hydrogens (tertiary/aromatic N) is 5. The molecule has 262 valence electrons. The van der Waals surface area contributed by atoms with Crippen LogP contribution < -0.4 is 18.9 Å². The Morgan fingerprint density at radius 3 is 1.29 bits per heavy atom. The minimum Gasteiger partial charge on any atom is -0.457 e. The molecule has 10 rings (SSSR count). The predicted octanol–water partition coefficient (Wildman–Crippen LogP) is 11.8. The molecule has 0 aliphatic rings. The maximum atomic E-state index is 6.42. The molecule has 4 aromatic heterocycles. The monoisotopic (exact) mass is 715 g/mol. The van der Waals surface area contributed by atoms with E-state index in [1.165, 1.54) is 0 Å². The largest absolute Gasteiger partial charge is 0.457 e. The molecule has 0 aliphatic carbocycles. The summed E-state index contributed by atoms with van der Waals surface area (Å²) >= 11 is 0. The van der Waals surface area contributed by atoms with Crippen LogP contribution in [0.25, 0.3) is 49.3 Å². The quantitative estimate of drug-likeness (QED) is 0.146. The second-order valence-corrected chi connectivity index (χ2v) is 12.8. The number of hydrogen-bond acceptors (Lipinski definition) is 8. The Balaban J connectivity index is 0.966. The molecule has 0 bridgehead atoms. The lowest BCUT2D eigenvalue weighted by Gasteiger charge is -2.11. The van der Waals surface area contributed by atoms with Crippen molar-refractivity contribution < 1.29 is 18.9 Å². The van der Waals surface area contributed by atoms with E-state index in [1.807, 2.05) is 138 Å². The van der Waals surface area contributed by atoms with E-state index in [9.17, 15) is 0 Å². The molecule has 0 amide bonds. The lowest BCUT2D eigenvalue weighted by molar-refractivity contribution is 0.453. The number of rotatable bonds is 9. The van der Waals surface area contributed by atoms with E-state index in [0.717, 1.165) is 43.4 Å². The molecule has 9 nitrogen and oxygen atoms in total. The van der Waals surface area contributed by atoms with E-state index < -0.39 is 0 Å². The highest BCUT2D eigenvalue weighted by molar-refractivity contribution is 6.09. The van der Waals surface area contributed by atoms with Crippen LogP contribution in [0.15, 0.2) is 176 Å². The van der Waals surface area contributed by atoms with Crippen LogP contribution in [-0.4, -0.2) is 24.5 Å². The third-order valence-corrected chi connectivity index (χ3v) is 9.25. The first kappa shape index (κ1) is 31.9. The predicted molar refractivity (Wildman–Crippen MR) is 213 cm³/mol. The van der Waals surface area contributed by atoms with Crippen molar-refractivity contribution in [2.45, 2.75) is 0 Å². The minimum atomic E-state index is 0.521. The Morgan fingerprint density at radius 1 is 0.327 bits per heavy atom. The maximum absolute atomic E-state index is 6.42. The molecular formula is C46H29N5O4. The lowest BCUT2D eigenvalue weighted by Crippen LogP contribution is -2.00. The van der Waals surface area contributed by atoms with Crippen molar-refractivity contribution in [2.75, 3.05) is 0 Å². The zero-order chi connectivity index (χ0) is 36.6. The Labute approximate surface area is 314 Å². The summed E-state index contributed by atoms with van der Waals surface area (Å²) in [6.45, 7) is 0. The smallest absolute Gasteiger partial charge is 0.234 e. The van der Waals surface area contributed by atoms with Crippen molar-refractivity contribution in [3.8, 4) is 52.2 Å². The van der Waals surface area contributed by atoms with Crippen LogP contribution >= 0.6 is 0 Å². The molecule has 9 heteroatoms. The van der Waals surface area contributed by atoms with Crippen LogP contribution in [0.1, 0.15) is 0 Å². The molecule has 55 heavy (non-hydrogen) atoms. The number of pyridine rings is 2. The maximum Gasteiger partial charge on any atom is 0.234 e. The van der Waals surface area contributed by atoms with Crippen molar-refractivity contribution in [1.82, 2.24) is 24.5 Å². The highest BCUT2D eigenvalue weighted by Crippen LogP contribution is 2.38. The molecule has 4 heterocycles. The molecule has 0 atom stereocenters. The molecule has 0 aliphatic heterocycles. The van der Waals surface area contributed by atoms with Gasteiger partial charge in [-0.3, -0.25) is 4.57 Å². The highest BCUT2D eigenvalue weighted by atomic mass is 16.5. The first-order valence-corrected chi connectivity index (χ1v) is 17.7. The van der Waals surface area contributed by atoms with Gasteiger partial charge in [0, 0.05) is 70.6 Å². The van der Waals surface area contributed by atoms with Crippen molar-refractivity contribution in [2.24, 2.45) is 0 Å². The summed E-state index contributed by atoms with van der Waals surface area (Å²) in [5.41, 5.74) is 1.75. The first-order chi connectivity index (χ1) is 27.2. The summed E-state index contributed by atoms with van der Waals surface area (Å²) in [6.07, 6.45) is 6.95. The fourth-order valence-electron chi connectivity index (χ4n) is 6.77. The SMILES string of the molecule is c1cnc(-n2c3cc(Oc4cccc(Oc5nccc6ccccc56)c4)ccc3c3ccc(Oc4cccc(Oc5nccc6ccccc56)c4)cc32)nc1. The number of benzene rings is 6. The van der Waals surface area contributed by atoms with Gasteiger partial charge in [-0.1, -0.05) is 48.5 Å². The summed E-state index contributed by atoms with van der Waals surface area (Å²) in [7, 11) is 0. The van der Waals surface area contributed by atoms with Gasteiger partial charge in [0.25, 0.3) is 0 Å². The van der Waals surface area contributed by atoms with Gasteiger partial charge < -0.3 is 18.9 Å². The van der Waals surface area contributed by atoms with Gasteiger partial charge in [0.15, 0.2) is 0 Å². The van der Waals surface area contributed by atoms with Gasteiger partial charge in [0.2, 0.25) is 17.7 Å². The average Bonchev–Trinajstić information content (AvgIpc) is 3.54. The average molecular weight is 716 g/mol. The number of hydrogen-bond donors (Lipinski definition) is 0. The summed E-state index contributed by atoms with van der Waals surface area (Å²) in [6, 6.07) is 48.8. The van der Waals surface area contributed by atoms with Crippen LogP contribution in [0.5, 0.6) is 46.3 Å². The molecule has 0 N–H and O–H groups in total. The minimum absolute atomic E-state index is 0.521. The highest BCUT2D eigenvalue weighted by Gasteiger charge is 2.17. The van der Waals surface area contributed by atoms with Crippen molar-refractivity contribution in [1.29, 1.82) is 0 Å². The summed E-state index contributed by atoms with van der Waals surface area (Å²) < 4.78 is 27.3. The van der Waals surface area contributed by atoms with Gasteiger partial charge in [-0.2, -0.15) is 0 Å². The van der Waals surface area contributed by atoms with Crippen molar-refractivity contribution >= 4 is 43.4 Å². The Kier molecular flexibility index (Phi) is 7.92. The Hall–Kier alpha value is -7.78. The van der Waals surface area contributed by atoms with E-state index in [2.05, 4.69) is 32.1 Å². The normalized spacial score (nSPS) is 11.3. The van der Waals surface area contributed by atoms with Gasteiger partial charge in [-0.15, -0.1) is 0 Å². The third kappa shape index (κ3) is 6.25. The topological polar surface area (TPSA) is 93.4 Å². The second-order valence-electron chi connectivity index (χ2n) is 12.8.